The quantitative estimate of drug-likeness (QED) is 0.595. The molecule has 1 aromatic rings. The molecule has 0 aliphatic rings. The zero-order valence-electron chi connectivity index (χ0n) is 12.0. The van der Waals surface area contributed by atoms with Crippen molar-refractivity contribution in [1.82, 2.24) is 5.32 Å². The zero-order chi connectivity index (χ0) is 14.3. The third kappa shape index (κ3) is 4.70. The van der Waals surface area contributed by atoms with Crippen molar-refractivity contribution in [1.29, 1.82) is 0 Å². The normalized spacial score (nSPS) is 12.3. The number of hydrogen-bond donors (Lipinski definition) is 3. The Kier molecular flexibility index (Phi) is 6.62. The molecule has 0 spiro atoms. The van der Waals surface area contributed by atoms with Gasteiger partial charge in [-0.25, -0.2) is 0 Å². The molecule has 0 aliphatic carbocycles. The summed E-state index contributed by atoms with van der Waals surface area (Å²) in [4.78, 5) is 0. The van der Waals surface area contributed by atoms with E-state index < -0.39 is 0 Å². The van der Waals surface area contributed by atoms with Gasteiger partial charge in [-0.05, 0) is 43.1 Å². The van der Waals surface area contributed by atoms with Crippen LogP contribution in [0.25, 0.3) is 0 Å². The van der Waals surface area contributed by atoms with Crippen LogP contribution in [0.15, 0.2) is 12.1 Å². The number of hydrogen-bond acceptors (Lipinski definition) is 5. The van der Waals surface area contributed by atoms with Gasteiger partial charge in [0.05, 0.1) is 14.2 Å². The van der Waals surface area contributed by atoms with Gasteiger partial charge in [-0.1, -0.05) is 0 Å². The van der Waals surface area contributed by atoms with Gasteiger partial charge in [0.15, 0.2) is 11.5 Å². The van der Waals surface area contributed by atoms with Gasteiger partial charge in [-0.3, -0.25) is 0 Å². The van der Waals surface area contributed by atoms with Crippen LogP contribution in [0.5, 0.6) is 11.5 Å². The smallest absolute Gasteiger partial charge is 0.161 e. The lowest BCUT2D eigenvalue weighted by atomic mass is 10.0. The average Bonchev–Trinajstić information content (AvgIpc) is 2.43. The van der Waals surface area contributed by atoms with E-state index in [9.17, 15) is 0 Å². The molecule has 5 N–H and O–H groups in total. The lowest BCUT2D eigenvalue weighted by Crippen LogP contribution is -2.40. The van der Waals surface area contributed by atoms with E-state index in [-0.39, 0.29) is 6.04 Å². The summed E-state index contributed by atoms with van der Waals surface area (Å²) in [5.41, 5.74) is 13.6. The van der Waals surface area contributed by atoms with Crippen molar-refractivity contribution in [2.24, 2.45) is 11.5 Å². The van der Waals surface area contributed by atoms with Crippen LogP contribution in [0, 0.1) is 6.92 Å². The maximum atomic E-state index is 5.74. The van der Waals surface area contributed by atoms with Crippen molar-refractivity contribution in [2.75, 3.05) is 33.9 Å². The highest BCUT2D eigenvalue weighted by atomic mass is 16.5. The minimum atomic E-state index is 0.0199. The minimum absolute atomic E-state index is 0.0199. The third-order valence-electron chi connectivity index (χ3n) is 3.12. The standard InChI is InChI=1S/C14H25N3O2/c1-10-6-13(18-2)14(19-3)7-11(10)4-5-17-9-12(16)8-15/h6-7,12,17H,4-5,8-9,15-16H2,1-3H3. The first kappa shape index (κ1) is 15.8. The van der Waals surface area contributed by atoms with Crippen LogP contribution in [-0.2, 0) is 6.42 Å². The van der Waals surface area contributed by atoms with E-state index >= 15 is 0 Å². The summed E-state index contributed by atoms with van der Waals surface area (Å²) >= 11 is 0. The van der Waals surface area contributed by atoms with E-state index in [2.05, 4.69) is 12.2 Å². The molecule has 1 atom stereocenters. The van der Waals surface area contributed by atoms with Crippen molar-refractivity contribution in [3.05, 3.63) is 23.3 Å². The monoisotopic (exact) mass is 267 g/mol. The Balaban J connectivity index is 2.58. The van der Waals surface area contributed by atoms with Crippen molar-refractivity contribution in [3.8, 4) is 11.5 Å². The third-order valence-corrected chi connectivity index (χ3v) is 3.12. The van der Waals surface area contributed by atoms with Crippen molar-refractivity contribution in [2.45, 2.75) is 19.4 Å². The highest BCUT2D eigenvalue weighted by molar-refractivity contribution is 5.47. The summed E-state index contributed by atoms with van der Waals surface area (Å²) < 4.78 is 10.6. The Bertz CT molecular complexity index is 397. The second-order valence-electron chi connectivity index (χ2n) is 4.58. The van der Waals surface area contributed by atoms with Crippen molar-refractivity contribution < 1.29 is 9.47 Å². The van der Waals surface area contributed by atoms with E-state index in [0.717, 1.165) is 31.0 Å². The number of rotatable bonds is 8. The van der Waals surface area contributed by atoms with Crippen LogP contribution < -0.4 is 26.3 Å². The molecule has 108 valence electrons. The molecule has 5 nitrogen and oxygen atoms in total. The first-order valence-corrected chi connectivity index (χ1v) is 6.50. The maximum absolute atomic E-state index is 5.74. The summed E-state index contributed by atoms with van der Waals surface area (Å²) in [5, 5.41) is 3.30. The fourth-order valence-electron chi connectivity index (χ4n) is 1.89. The first-order chi connectivity index (χ1) is 9.12. The molecule has 0 amide bonds. The highest BCUT2D eigenvalue weighted by Crippen LogP contribution is 2.30. The molecule has 0 saturated heterocycles. The van der Waals surface area contributed by atoms with E-state index in [1.54, 1.807) is 14.2 Å². The molecule has 1 aromatic carbocycles. The molecular formula is C14H25N3O2. The maximum Gasteiger partial charge on any atom is 0.161 e. The SMILES string of the molecule is COc1cc(C)c(CCNCC(N)CN)cc1OC. The van der Waals surface area contributed by atoms with Crippen LogP contribution >= 0.6 is 0 Å². The van der Waals surface area contributed by atoms with Gasteiger partial charge in [-0.15, -0.1) is 0 Å². The van der Waals surface area contributed by atoms with Gasteiger partial charge in [-0.2, -0.15) is 0 Å². The number of aryl methyl sites for hydroxylation is 1. The van der Waals surface area contributed by atoms with E-state index in [1.165, 1.54) is 11.1 Å². The molecule has 1 unspecified atom stereocenters. The summed E-state index contributed by atoms with van der Waals surface area (Å²) in [6.45, 7) is 4.18. The fraction of sp³-hybridized carbons (Fsp3) is 0.571. The molecule has 0 radical (unpaired) electrons. The van der Waals surface area contributed by atoms with Crippen LogP contribution in [0.3, 0.4) is 0 Å². The predicted molar refractivity (Wildman–Crippen MR) is 77.9 cm³/mol. The van der Waals surface area contributed by atoms with Crippen molar-refractivity contribution >= 4 is 0 Å². The molecule has 1 rings (SSSR count). The van der Waals surface area contributed by atoms with Gasteiger partial charge >= 0.3 is 0 Å². The molecule has 0 fully saturated rings. The number of benzene rings is 1. The van der Waals surface area contributed by atoms with Crippen LogP contribution in [-0.4, -0.2) is 39.9 Å². The largest absolute Gasteiger partial charge is 0.493 e. The average molecular weight is 267 g/mol. The number of ether oxygens (including phenoxy) is 2. The number of nitrogens with two attached hydrogens (primary N) is 2. The van der Waals surface area contributed by atoms with E-state index in [4.69, 9.17) is 20.9 Å². The van der Waals surface area contributed by atoms with Gasteiger partial charge in [0.2, 0.25) is 0 Å². The van der Waals surface area contributed by atoms with Gasteiger partial charge < -0.3 is 26.3 Å². The number of nitrogens with one attached hydrogen (secondary N) is 1. The Morgan fingerprint density at radius 2 is 1.84 bits per heavy atom. The predicted octanol–water partition coefficient (Wildman–Crippen LogP) is 0.430. The zero-order valence-corrected chi connectivity index (χ0v) is 12.0. The number of methoxy groups -OCH3 is 2. The summed E-state index contributed by atoms with van der Waals surface area (Å²) in [6, 6.07) is 4.05. The topological polar surface area (TPSA) is 82.5 Å². The molecule has 0 aromatic heterocycles. The molecule has 0 bridgehead atoms. The lowest BCUT2D eigenvalue weighted by molar-refractivity contribution is 0.354. The Labute approximate surface area is 115 Å². The van der Waals surface area contributed by atoms with Crippen molar-refractivity contribution in [3.63, 3.8) is 0 Å². The Morgan fingerprint density at radius 1 is 1.21 bits per heavy atom. The molecule has 0 aliphatic heterocycles. The summed E-state index contributed by atoms with van der Waals surface area (Å²) in [6.07, 6.45) is 0.920. The Hall–Kier alpha value is -1.30. The molecular weight excluding hydrogens is 242 g/mol. The molecule has 5 heteroatoms. The van der Waals surface area contributed by atoms with Gasteiger partial charge in [0, 0.05) is 19.1 Å². The van der Waals surface area contributed by atoms with Crippen LogP contribution in [0.2, 0.25) is 0 Å². The summed E-state index contributed by atoms with van der Waals surface area (Å²) in [5.74, 6) is 1.53. The van der Waals surface area contributed by atoms with Crippen LogP contribution in [0.4, 0.5) is 0 Å². The second-order valence-corrected chi connectivity index (χ2v) is 4.58. The fourth-order valence-corrected chi connectivity index (χ4v) is 1.89. The van der Waals surface area contributed by atoms with E-state index in [0.29, 0.717) is 6.54 Å². The van der Waals surface area contributed by atoms with Gasteiger partial charge in [0.25, 0.3) is 0 Å². The molecule has 0 saturated carbocycles. The molecule has 19 heavy (non-hydrogen) atoms. The second kappa shape index (κ2) is 7.99. The minimum Gasteiger partial charge on any atom is -0.493 e. The highest BCUT2D eigenvalue weighted by Gasteiger charge is 2.08. The van der Waals surface area contributed by atoms with E-state index in [1.807, 2.05) is 12.1 Å². The lowest BCUT2D eigenvalue weighted by Gasteiger charge is -2.14. The molecule has 0 heterocycles. The first-order valence-electron chi connectivity index (χ1n) is 6.50. The Morgan fingerprint density at radius 3 is 2.42 bits per heavy atom. The van der Waals surface area contributed by atoms with Crippen LogP contribution in [0.1, 0.15) is 11.1 Å². The summed E-state index contributed by atoms with van der Waals surface area (Å²) in [7, 11) is 3.29. The van der Waals surface area contributed by atoms with Gasteiger partial charge in [0.1, 0.15) is 0 Å².